The highest BCUT2D eigenvalue weighted by Crippen LogP contribution is 2.31. The van der Waals surface area contributed by atoms with Crippen LogP contribution in [-0.4, -0.2) is 31.9 Å². The molecule has 0 amide bonds. The minimum absolute atomic E-state index is 0.0476. The maximum atomic E-state index is 9.29. The van der Waals surface area contributed by atoms with E-state index in [-0.39, 0.29) is 12.6 Å². The maximum Gasteiger partial charge on any atom is 0.119 e. The van der Waals surface area contributed by atoms with Crippen molar-refractivity contribution in [2.45, 2.75) is 25.3 Å². The van der Waals surface area contributed by atoms with E-state index >= 15 is 0 Å². The van der Waals surface area contributed by atoms with Crippen LogP contribution in [-0.2, 0) is 0 Å². The fourth-order valence-electron chi connectivity index (χ4n) is 2.48. The zero-order valence-electron chi connectivity index (χ0n) is 10.9. The van der Waals surface area contributed by atoms with Crippen LogP contribution in [0.3, 0.4) is 0 Å². The van der Waals surface area contributed by atoms with Gasteiger partial charge in [0.2, 0.25) is 0 Å². The van der Waals surface area contributed by atoms with Crippen molar-refractivity contribution in [1.82, 2.24) is 0 Å². The smallest absolute Gasteiger partial charge is 0.119 e. The quantitative estimate of drug-likeness (QED) is 0.853. The van der Waals surface area contributed by atoms with E-state index < -0.39 is 0 Å². The molecule has 0 spiro atoms. The Balaban J connectivity index is 2.31. The van der Waals surface area contributed by atoms with Gasteiger partial charge in [0.25, 0.3) is 0 Å². The number of hydrogen-bond acceptors (Lipinski definition) is 4. The number of nitrogens with zero attached hydrogens (tertiary/aromatic N) is 1. The first-order chi connectivity index (χ1) is 8.76. The molecule has 0 aromatic heterocycles. The van der Waals surface area contributed by atoms with Crippen molar-refractivity contribution in [3.8, 4) is 5.75 Å². The average molecular weight is 250 g/mol. The second-order valence-electron chi connectivity index (χ2n) is 4.76. The Morgan fingerprint density at radius 2 is 2.06 bits per heavy atom. The molecule has 2 rings (SSSR count). The summed E-state index contributed by atoms with van der Waals surface area (Å²) in [4.78, 5) is 2.35. The van der Waals surface area contributed by atoms with Crippen LogP contribution < -0.4 is 15.4 Å². The summed E-state index contributed by atoms with van der Waals surface area (Å²) >= 11 is 0. The van der Waals surface area contributed by atoms with E-state index in [1.54, 1.807) is 7.11 Å². The van der Waals surface area contributed by atoms with Gasteiger partial charge in [0.05, 0.1) is 19.8 Å². The predicted octanol–water partition coefficient (Wildman–Crippen LogP) is 1.68. The Labute approximate surface area is 108 Å². The zero-order valence-corrected chi connectivity index (χ0v) is 10.9. The lowest BCUT2D eigenvalue weighted by molar-refractivity contribution is 0.267. The van der Waals surface area contributed by atoms with E-state index in [2.05, 4.69) is 11.0 Å². The first-order valence-corrected chi connectivity index (χ1v) is 6.55. The molecular weight excluding hydrogens is 228 g/mol. The Hall–Kier alpha value is -1.26. The van der Waals surface area contributed by atoms with Crippen molar-refractivity contribution in [3.05, 3.63) is 23.8 Å². The summed E-state index contributed by atoms with van der Waals surface area (Å²) in [5, 5.41) is 9.29. The fraction of sp³-hybridized carbons (Fsp3) is 0.571. The standard InChI is InChI=1S/C14H22N2O2/c1-18-11-5-6-14(12(9-11)13(15)10-17)16-7-3-2-4-8-16/h5-6,9,13,17H,2-4,7-8,10,15H2,1H3. The van der Waals surface area contributed by atoms with Crippen molar-refractivity contribution in [3.63, 3.8) is 0 Å². The van der Waals surface area contributed by atoms with E-state index in [4.69, 9.17) is 10.5 Å². The van der Waals surface area contributed by atoms with E-state index in [1.807, 2.05) is 12.1 Å². The summed E-state index contributed by atoms with van der Waals surface area (Å²) in [6, 6.07) is 5.59. The Kier molecular flexibility index (Phi) is 4.44. The molecule has 4 nitrogen and oxygen atoms in total. The van der Waals surface area contributed by atoms with Gasteiger partial charge >= 0.3 is 0 Å². The van der Waals surface area contributed by atoms with Crippen molar-refractivity contribution in [1.29, 1.82) is 0 Å². The molecule has 100 valence electrons. The number of aliphatic hydroxyl groups excluding tert-OH is 1. The molecule has 1 fully saturated rings. The molecule has 1 aromatic carbocycles. The number of anilines is 1. The summed E-state index contributed by atoms with van der Waals surface area (Å²) in [6.07, 6.45) is 3.74. The molecule has 4 heteroatoms. The third-order valence-corrected chi connectivity index (χ3v) is 3.53. The monoisotopic (exact) mass is 250 g/mol. The number of ether oxygens (including phenoxy) is 1. The zero-order chi connectivity index (χ0) is 13.0. The van der Waals surface area contributed by atoms with Crippen LogP contribution in [0.2, 0.25) is 0 Å². The summed E-state index contributed by atoms with van der Waals surface area (Å²) in [5.74, 6) is 0.787. The highest BCUT2D eigenvalue weighted by molar-refractivity contribution is 5.58. The molecule has 1 saturated heterocycles. The largest absolute Gasteiger partial charge is 0.497 e. The topological polar surface area (TPSA) is 58.7 Å². The Morgan fingerprint density at radius 1 is 1.33 bits per heavy atom. The maximum absolute atomic E-state index is 9.29. The van der Waals surface area contributed by atoms with Crippen molar-refractivity contribution in [2.24, 2.45) is 5.73 Å². The highest BCUT2D eigenvalue weighted by atomic mass is 16.5. The molecule has 1 aromatic rings. The van der Waals surface area contributed by atoms with E-state index in [9.17, 15) is 5.11 Å². The van der Waals surface area contributed by atoms with Gasteiger partial charge in [-0.05, 0) is 43.0 Å². The lowest BCUT2D eigenvalue weighted by Gasteiger charge is -2.31. The van der Waals surface area contributed by atoms with Crippen LogP contribution in [0.15, 0.2) is 18.2 Å². The number of hydrogen-bond donors (Lipinski definition) is 2. The number of rotatable bonds is 4. The Bertz CT molecular complexity index is 389. The SMILES string of the molecule is COc1ccc(N2CCCCC2)c(C(N)CO)c1. The van der Waals surface area contributed by atoms with Gasteiger partial charge in [0.15, 0.2) is 0 Å². The first-order valence-electron chi connectivity index (χ1n) is 6.55. The van der Waals surface area contributed by atoms with Crippen molar-refractivity contribution < 1.29 is 9.84 Å². The highest BCUT2D eigenvalue weighted by Gasteiger charge is 2.18. The van der Waals surface area contributed by atoms with Gasteiger partial charge in [-0.1, -0.05) is 0 Å². The van der Waals surface area contributed by atoms with E-state index in [0.717, 1.165) is 30.1 Å². The molecule has 0 bridgehead atoms. The molecule has 1 unspecified atom stereocenters. The number of methoxy groups -OCH3 is 1. The Morgan fingerprint density at radius 3 is 2.67 bits per heavy atom. The number of nitrogens with two attached hydrogens (primary N) is 1. The molecular formula is C14H22N2O2. The van der Waals surface area contributed by atoms with Gasteiger partial charge in [-0.15, -0.1) is 0 Å². The van der Waals surface area contributed by atoms with E-state index in [0.29, 0.717) is 0 Å². The molecule has 0 saturated carbocycles. The number of benzene rings is 1. The van der Waals surface area contributed by atoms with Crippen molar-refractivity contribution >= 4 is 5.69 Å². The third-order valence-electron chi connectivity index (χ3n) is 3.53. The molecule has 0 radical (unpaired) electrons. The summed E-state index contributed by atoms with van der Waals surface area (Å²) in [5.41, 5.74) is 8.10. The van der Waals surface area contributed by atoms with Crippen LogP contribution in [0.5, 0.6) is 5.75 Å². The fourth-order valence-corrected chi connectivity index (χ4v) is 2.48. The summed E-state index contributed by atoms with van der Waals surface area (Å²) in [6.45, 7) is 2.09. The van der Waals surface area contributed by atoms with Crippen LogP contribution >= 0.6 is 0 Å². The molecule has 1 aliphatic heterocycles. The normalized spacial score (nSPS) is 17.6. The van der Waals surface area contributed by atoms with Gasteiger partial charge in [0, 0.05) is 18.8 Å². The average Bonchev–Trinajstić information content (AvgIpc) is 2.46. The van der Waals surface area contributed by atoms with Gasteiger partial charge in [0.1, 0.15) is 5.75 Å². The molecule has 3 N–H and O–H groups in total. The molecule has 1 atom stereocenters. The van der Waals surface area contributed by atoms with Gasteiger partial charge in [-0.3, -0.25) is 0 Å². The molecule has 1 heterocycles. The lowest BCUT2D eigenvalue weighted by atomic mass is 10.0. The van der Waals surface area contributed by atoms with Gasteiger partial charge < -0.3 is 20.5 Å². The van der Waals surface area contributed by atoms with Crippen LogP contribution in [0.25, 0.3) is 0 Å². The first kappa shape index (κ1) is 13.2. The van der Waals surface area contributed by atoms with Crippen LogP contribution in [0.4, 0.5) is 5.69 Å². The van der Waals surface area contributed by atoms with Gasteiger partial charge in [-0.25, -0.2) is 0 Å². The third kappa shape index (κ3) is 2.76. The lowest BCUT2D eigenvalue weighted by Crippen LogP contribution is -2.31. The van der Waals surface area contributed by atoms with Gasteiger partial charge in [-0.2, -0.15) is 0 Å². The second-order valence-corrected chi connectivity index (χ2v) is 4.76. The number of piperidine rings is 1. The summed E-state index contributed by atoms with van der Waals surface area (Å²) < 4.78 is 5.24. The number of aliphatic hydroxyl groups is 1. The molecule has 0 aliphatic carbocycles. The predicted molar refractivity (Wildman–Crippen MR) is 73.1 cm³/mol. The minimum atomic E-state index is -0.350. The van der Waals surface area contributed by atoms with Crippen molar-refractivity contribution in [2.75, 3.05) is 31.7 Å². The van der Waals surface area contributed by atoms with Crippen LogP contribution in [0, 0.1) is 0 Å². The molecule has 18 heavy (non-hydrogen) atoms. The van der Waals surface area contributed by atoms with E-state index in [1.165, 1.54) is 19.3 Å². The second kappa shape index (κ2) is 6.07. The van der Waals surface area contributed by atoms with Crippen LogP contribution in [0.1, 0.15) is 30.9 Å². The molecule has 1 aliphatic rings. The minimum Gasteiger partial charge on any atom is -0.497 e. The summed E-state index contributed by atoms with van der Waals surface area (Å²) in [7, 11) is 1.64.